The molecule has 3 aromatic rings. The molecular formula is C14H8N4O3S. The third-order valence-corrected chi connectivity index (χ3v) is 4.25. The van der Waals surface area contributed by atoms with Crippen LogP contribution < -0.4 is 5.32 Å². The van der Waals surface area contributed by atoms with Crippen LogP contribution in [0.3, 0.4) is 0 Å². The number of fused-ring (bicyclic) bond motifs is 2. The van der Waals surface area contributed by atoms with E-state index >= 15 is 0 Å². The van der Waals surface area contributed by atoms with Gasteiger partial charge in [-0.05, 0) is 23.3 Å². The summed E-state index contributed by atoms with van der Waals surface area (Å²) in [5, 5.41) is 13.9. The molecule has 0 saturated heterocycles. The summed E-state index contributed by atoms with van der Waals surface area (Å²) in [6.07, 6.45) is 0. The number of non-ortho nitro benzene ring substituents is 1. The monoisotopic (exact) mass is 312 g/mol. The Morgan fingerprint density at radius 1 is 1.09 bits per heavy atom. The van der Waals surface area contributed by atoms with Gasteiger partial charge in [0.15, 0.2) is 5.52 Å². The first kappa shape index (κ1) is 12.8. The molecule has 8 heteroatoms. The summed E-state index contributed by atoms with van der Waals surface area (Å²) in [4.78, 5) is 22.9. The highest BCUT2D eigenvalue weighted by atomic mass is 32.1. The van der Waals surface area contributed by atoms with E-state index in [-0.39, 0.29) is 17.1 Å². The van der Waals surface area contributed by atoms with E-state index in [1.54, 1.807) is 6.07 Å². The standard InChI is InChI=1S/C14H8N4O3S/c19-14-11(7-3-1-2-4-9(7)15-14)8-5-6-10(18(20)21)13-12(8)16-22-17-13/h1-6,11H,(H,15,19). The van der Waals surface area contributed by atoms with Crippen molar-refractivity contribution in [3.8, 4) is 0 Å². The van der Waals surface area contributed by atoms with Gasteiger partial charge in [-0.2, -0.15) is 8.75 Å². The fourth-order valence-corrected chi connectivity index (χ4v) is 3.35. The van der Waals surface area contributed by atoms with E-state index in [4.69, 9.17) is 0 Å². The average molecular weight is 312 g/mol. The average Bonchev–Trinajstić information content (AvgIpc) is 3.09. The Morgan fingerprint density at radius 3 is 2.68 bits per heavy atom. The van der Waals surface area contributed by atoms with Gasteiger partial charge in [0.25, 0.3) is 5.69 Å². The Labute approximate surface area is 128 Å². The molecule has 1 aromatic heterocycles. The number of aromatic nitrogens is 2. The predicted octanol–water partition coefficient (Wildman–Crippen LogP) is 2.68. The van der Waals surface area contributed by atoms with Crippen LogP contribution in [-0.2, 0) is 4.79 Å². The molecule has 4 rings (SSSR count). The Kier molecular flexibility index (Phi) is 2.67. The summed E-state index contributed by atoms with van der Waals surface area (Å²) in [5.41, 5.74) is 2.78. The molecule has 1 unspecified atom stereocenters. The summed E-state index contributed by atoms with van der Waals surface area (Å²) in [7, 11) is 0. The van der Waals surface area contributed by atoms with E-state index in [9.17, 15) is 14.9 Å². The second-order valence-corrected chi connectivity index (χ2v) is 5.43. The van der Waals surface area contributed by atoms with Crippen LogP contribution >= 0.6 is 11.7 Å². The van der Waals surface area contributed by atoms with Crippen molar-refractivity contribution in [3.05, 3.63) is 57.6 Å². The molecule has 1 amide bonds. The molecule has 0 saturated carbocycles. The number of nitro benzene ring substituents is 1. The highest BCUT2D eigenvalue weighted by Gasteiger charge is 2.34. The molecule has 108 valence electrons. The molecule has 22 heavy (non-hydrogen) atoms. The number of hydrogen-bond donors (Lipinski definition) is 1. The van der Waals surface area contributed by atoms with Gasteiger partial charge in [-0.25, -0.2) is 0 Å². The number of para-hydroxylation sites is 1. The molecule has 2 heterocycles. The van der Waals surface area contributed by atoms with Crippen molar-refractivity contribution < 1.29 is 9.72 Å². The molecule has 1 aliphatic heterocycles. The lowest BCUT2D eigenvalue weighted by atomic mass is 9.91. The molecule has 7 nitrogen and oxygen atoms in total. The largest absolute Gasteiger partial charge is 0.325 e. The zero-order valence-electron chi connectivity index (χ0n) is 11.0. The van der Waals surface area contributed by atoms with Crippen LogP contribution in [0.2, 0.25) is 0 Å². The van der Waals surface area contributed by atoms with Crippen LogP contribution in [0, 0.1) is 10.1 Å². The van der Waals surface area contributed by atoms with Gasteiger partial charge >= 0.3 is 0 Å². The number of anilines is 1. The van der Waals surface area contributed by atoms with Gasteiger partial charge in [0, 0.05) is 11.8 Å². The highest BCUT2D eigenvalue weighted by Crippen LogP contribution is 2.40. The lowest BCUT2D eigenvalue weighted by Gasteiger charge is -2.09. The van der Waals surface area contributed by atoms with Crippen LogP contribution in [-0.4, -0.2) is 19.6 Å². The van der Waals surface area contributed by atoms with E-state index in [1.165, 1.54) is 6.07 Å². The number of nitro groups is 1. The van der Waals surface area contributed by atoms with Gasteiger partial charge in [-0.15, -0.1) is 0 Å². The number of amides is 1. The number of hydrogen-bond acceptors (Lipinski definition) is 6. The van der Waals surface area contributed by atoms with Crippen molar-refractivity contribution in [2.45, 2.75) is 5.92 Å². The summed E-state index contributed by atoms with van der Waals surface area (Å²) in [6.45, 7) is 0. The summed E-state index contributed by atoms with van der Waals surface area (Å²) < 4.78 is 8.17. The summed E-state index contributed by atoms with van der Waals surface area (Å²) in [6, 6.07) is 10.4. The van der Waals surface area contributed by atoms with E-state index in [1.807, 2.05) is 24.3 Å². The first-order valence-corrected chi connectivity index (χ1v) is 7.19. The van der Waals surface area contributed by atoms with Crippen LogP contribution in [0.15, 0.2) is 36.4 Å². The molecule has 0 radical (unpaired) electrons. The zero-order chi connectivity index (χ0) is 15.3. The van der Waals surface area contributed by atoms with Gasteiger partial charge in [0.05, 0.1) is 22.6 Å². The van der Waals surface area contributed by atoms with Crippen LogP contribution in [0.25, 0.3) is 11.0 Å². The van der Waals surface area contributed by atoms with E-state index < -0.39 is 10.8 Å². The minimum atomic E-state index is -0.525. The Bertz CT molecular complexity index is 937. The lowest BCUT2D eigenvalue weighted by molar-refractivity contribution is -0.383. The third kappa shape index (κ3) is 1.70. The fourth-order valence-electron chi connectivity index (χ4n) is 2.77. The smallest absolute Gasteiger partial charge is 0.298 e. The van der Waals surface area contributed by atoms with Gasteiger partial charge < -0.3 is 5.32 Å². The van der Waals surface area contributed by atoms with Crippen molar-refractivity contribution in [2.75, 3.05) is 5.32 Å². The molecule has 0 fully saturated rings. The molecule has 0 spiro atoms. The first-order valence-electron chi connectivity index (χ1n) is 6.46. The second-order valence-electron chi connectivity index (χ2n) is 4.90. The number of carbonyl (C=O) groups excluding carboxylic acids is 1. The second kappa shape index (κ2) is 4.57. The van der Waals surface area contributed by atoms with Gasteiger partial charge in [0.2, 0.25) is 5.91 Å². The van der Waals surface area contributed by atoms with Crippen LogP contribution in [0.5, 0.6) is 0 Å². The molecule has 1 N–H and O–H groups in total. The maximum Gasteiger partial charge on any atom is 0.298 e. The maximum absolute atomic E-state index is 12.3. The molecule has 1 aliphatic rings. The first-order chi connectivity index (χ1) is 10.7. The van der Waals surface area contributed by atoms with Crippen molar-refractivity contribution in [3.63, 3.8) is 0 Å². The van der Waals surface area contributed by atoms with Crippen molar-refractivity contribution >= 4 is 40.0 Å². The molecule has 1 atom stereocenters. The number of carbonyl (C=O) groups is 1. The van der Waals surface area contributed by atoms with E-state index in [0.29, 0.717) is 11.1 Å². The highest BCUT2D eigenvalue weighted by molar-refractivity contribution is 7.00. The van der Waals surface area contributed by atoms with Crippen molar-refractivity contribution in [1.82, 2.24) is 8.75 Å². The minimum Gasteiger partial charge on any atom is -0.325 e. The predicted molar refractivity (Wildman–Crippen MR) is 81.0 cm³/mol. The number of rotatable bonds is 2. The van der Waals surface area contributed by atoms with Crippen molar-refractivity contribution in [1.29, 1.82) is 0 Å². The lowest BCUT2D eigenvalue weighted by Crippen LogP contribution is -2.13. The fraction of sp³-hybridized carbons (Fsp3) is 0.0714. The Hall–Kier alpha value is -2.87. The third-order valence-electron chi connectivity index (χ3n) is 3.72. The molecule has 2 aromatic carbocycles. The summed E-state index contributed by atoms with van der Waals surface area (Å²) >= 11 is 0.904. The number of nitrogens with zero attached hydrogens (tertiary/aromatic N) is 3. The molecule has 0 aliphatic carbocycles. The van der Waals surface area contributed by atoms with Crippen LogP contribution in [0.1, 0.15) is 17.0 Å². The van der Waals surface area contributed by atoms with Gasteiger partial charge in [-0.3, -0.25) is 14.9 Å². The normalized spacial score (nSPS) is 16.5. The number of nitrogens with one attached hydrogen (secondary N) is 1. The van der Waals surface area contributed by atoms with Gasteiger partial charge in [0.1, 0.15) is 5.52 Å². The van der Waals surface area contributed by atoms with Crippen molar-refractivity contribution in [2.24, 2.45) is 0 Å². The topological polar surface area (TPSA) is 98.0 Å². The minimum absolute atomic E-state index is 0.0980. The quantitative estimate of drug-likeness (QED) is 0.579. The zero-order valence-corrected chi connectivity index (χ0v) is 11.8. The SMILES string of the molecule is O=C1Nc2ccccc2C1c1ccc([N+](=O)[O-])c2nsnc12. The Balaban J connectivity index is 1.96. The molecule has 0 bridgehead atoms. The Morgan fingerprint density at radius 2 is 1.86 bits per heavy atom. The maximum atomic E-state index is 12.3. The van der Waals surface area contributed by atoms with Gasteiger partial charge in [-0.1, -0.05) is 18.2 Å². The molecular weight excluding hydrogens is 304 g/mol. The number of benzene rings is 2. The van der Waals surface area contributed by atoms with E-state index in [2.05, 4.69) is 14.1 Å². The summed E-state index contributed by atoms with van der Waals surface area (Å²) in [5.74, 6) is -0.687. The van der Waals surface area contributed by atoms with Crippen LogP contribution in [0.4, 0.5) is 11.4 Å². The van der Waals surface area contributed by atoms with E-state index in [0.717, 1.165) is 23.0 Å².